The third-order valence-corrected chi connectivity index (χ3v) is 1.92. The zero-order valence-electron chi connectivity index (χ0n) is 8.58. The molecule has 0 radical (unpaired) electrons. The van der Waals surface area contributed by atoms with Crippen LogP contribution in [0.4, 0.5) is 13.2 Å². The standard InChI is InChI=1S/C8H10F3N3O2/c1-14-3-4(6(12)8(9,10)11)5(13-14)7(15)16-2/h3,6H,12H2,1-2H3. The number of carbonyl (C=O) groups excluding carboxylic acids is 1. The number of nitrogens with two attached hydrogens (primary N) is 1. The van der Waals surface area contributed by atoms with E-state index >= 15 is 0 Å². The van der Waals surface area contributed by atoms with Crippen molar-refractivity contribution >= 4 is 5.97 Å². The summed E-state index contributed by atoms with van der Waals surface area (Å²) in [7, 11) is 2.44. The first-order valence-corrected chi connectivity index (χ1v) is 4.21. The lowest BCUT2D eigenvalue weighted by atomic mass is 10.1. The molecule has 0 aliphatic rings. The number of carbonyl (C=O) groups is 1. The van der Waals surface area contributed by atoms with Crippen LogP contribution in [0.1, 0.15) is 22.1 Å². The molecular weight excluding hydrogens is 227 g/mol. The summed E-state index contributed by atoms with van der Waals surface area (Å²) in [6.45, 7) is 0. The van der Waals surface area contributed by atoms with Crippen LogP contribution in [0.5, 0.6) is 0 Å². The Morgan fingerprint density at radius 3 is 2.62 bits per heavy atom. The summed E-state index contributed by atoms with van der Waals surface area (Å²) in [6, 6.07) is -2.25. The van der Waals surface area contributed by atoms with E-state index in [4.69, 9.17) is 5.73 Å². The minimum atomic E-state index is -4.63. The van der Waals surface area contributed by atoms with Gasteiger partial charge in [-0.2, -0.15) is 18.3 Å². The van der Waals surface area contributed by atoms with Crippen molar-refractivity contribution in [2.24, 2.45) is 12.8 Å². The first-order valence-electron chi connectivity index (χ1n) is 4.21. The van der Waals surface area contributed by atoms with Crippen molar-refractivity contribution in [3.8, 4) is 0 Å². The third-order valence-electron chi connectivity index (χ3n) is 1.92. The predicted molar refractivity (Wildman–Crippen MR) is 47.5 cm³/mol. The molecule has 0 bridgehead atoms. The molecule has 0 saturated heterocycles. The summed E-state index contributed by atoms with van der Waals surface area (Å²) in [5.74, 6) is -0.949. The maximum absolute atomic E-state index is 12.4. The highest BCUT2D eigenvalue weighted by molar-refractivity contribution is 5.88. The molecule has 0 spiro atoms. The van der Waals surface area contributed by atoms with Crippen molar-refractivity contribution < 1.29 is 22.7 Å². The molecule has 0 aliphatic heterocycles. The van der Waals surface area contributed by atoms with Gasteiger partial charge in [0.2, 0.25) is 0 Å². The Kier molecular flexibility index (Phi) is 3.22. The highest BCUT2D eigenvalue weighted by Crippen LogP contribution is 2.31. The minimum Gasteiger partial charge on any atom is -0.464 e. The maximum Gasteiger partial charge on any atom is 0.407 e. The van der Waals surface area contributed by atoms with Crippen molar-refractivity contribution in [1.29, 1.82) is 0 Å². The summed E-state index contributed by atoms with van der Waals surface area (Å²) in [5, 5.41) is 3.58. The first-order chi connectivity index (χ1) is 7.27. The lowest BCUT2D eigenvalue weighted by Gasteiger charge is -2.14. The van der Waals surface area contributed by atoms with Gasteiger partial charge in [0.25, 0.3) is 0 Å². The molecule has 0 amide bonds. The first kappa shape index (κ1) is 12.5. The fourth-order valence-electron chi connectivity index (χ4n) is 1.17. The number of nitrogens with zero attached hydrogens (tertiary/aromatic N) is 2. The number of ether oxygens (including phenoxy) is 1. The molecule has 90 valence electrons. The number of hydrogen-bond acceptors (Lipinski definition) is 4. The number of alkyl halides is 3. The second-order valence-electron chi connectivity index (χ2n) is 3.12. The summed E-state index contributed by atoms with van der Waals surface area (Å²) in [4.78, 5) is 11.2. The van der Waals surface area contributed by atoms with Crippen LogP contribution in [0.3, 0.4) is 0 Å². The highest BCUT2D eigenvalue weighted by atomic mass is 19.4. The van der Waals surface area contributed by atoms with E-state index < -0.39 is 29.4 Å². The largest absolute Gasteiger partial charge is 0.464 e. The molecule has 1 atom stereocenters. The van der Waals surface area contributed by atoms with E-state index in [1.165, 1.54) is 7.05 Å². The molecule has 0 aliphatic carbocycles. The normalized spacial score (nSPS) is 13.6. The topological polar surface area (TPSA) is 70.1 Å². The van der Waals surface area contributed by atoms with Crippen molar-refractivity contribution in [2.45, 2.75) is 12.2 Å². The lowest BCUT2D eigenvalue weighted by molar-refractivity contribution is -0.149. The number of halogens is 3. The molecule has 0 aromatic carbocycles. The Balaban J connectivity index is 3.18. The van der Waals surface area contributed by atoms with Gasteiger partial charge in [0.1, 0.15) is 6.04 Å². The molecule has 0 fully saturated rings. The van der Waals surface area contributed by atoms with Gasteiger partial charge in [-0.15, -0.1) is 0 Å². The molecule has 0 saturated carbocycles. The van der Waals surface area contributed by atoms with Gasteiger partial charge in [-0.05, 0) is 0 Å². The van der Waals surface area contributed by atoms with Gasteiger partial charge in [-0.25, -0.2) is 4.79 Å². The van der Waals surface area contributed by atoms with Crippen LogP contribution >= 0.6 is 0 Å². The summed E-state index contributed by atoms with van der Waals surface area (Å²) >= 11 is 0. The molecular formula is C8H10F3N3O2. The average molecular weight is 237 g/mol. The van der Waals surface area contributed by atoms with Crippen molar-refractivity contribution in [1.82, 2.24) is 9.78 Å². The van der Waals surface area contributed by atoms with Crippen LogP contribution in [-0.2, 0) is 11.8 Å². The van der Waals surface area contributed by atoms with Crippen LogP contribution in [0.15, 0.2) is 6.20 Å². The molecule has 2 N–H and O–H groups in total. The summed E-state index contributed by atoms with van der Waals surface area (Å²) in [5.41, 5.74) is 4.17. The van der Waals surface area contributed by atoms with Gasteiger partial charge in [0.05, 0.1) is 7.11 Å². The average Bonchev–Trinajstić information content (AvgIpc) is 2.56. The second-order valence-corrected chi connectivity index (χ2v) is 3.12. The molecule has 1 heterocycles. The molecule has 16 heavy (non-hydrogen) atoms. The van der Waals surface area contributed by atoms with E-state index in [0.29, 0.717) is 0 Å². The molecule has 1 aromatic heterocycles. The lowest BCUT2D eigenvalue weighted by Crippen LogP contribution is -2.29. The fraction of sp³-hybridized carbons (Fsp3) is 0.500. The van der Waals surface area contributed by atoms with E-state index in [-0.39, 0.29) is 0 Å². The van der Waals surface area contributed by atoms with Crippen LogP contribution in [0.25, 0.3) is 0 Å². The van der Waals surface area contributed by atoms with Gasteiger partial charge in [0, 0.05) is 18.8 Å². The number of rotatable bonds is 2. The second kappa shape index (κ2) is 4.12. The number of methoxy groups -OCH3 is 1. The van der Waals surface area contributed by atoms with Crippen molar-refractivity contribution in [3.05, 3.63) is 17.5 Å². The van der Waals surface area contributed by atoms with E-state index in [2.05, 4.69) is 9.84 Å². The summed E-state index contributed by atoms with van der Waals surface area (Å²) in [6.07, 6.45) is -3.59. The van der Waals surface area contributed by atoms with Gasteiger partial charge < -0.3 is 10.5 Å². The van der Waals surface area contributed by atoms with Gasteiger partial charge in [0.15, 0.2) is 5.69 Å². The SMILES string of the molecule is COC(=O)c1nn(C)cc1C(N)C(F)(F)F. The zero-order valence-corrected chi connectivity index (χ0v) is 8.58. The molecule has 8 heteroatoms. The van der Waals surface area contributed by atoms with E-state index in [9.17, 15) is 18.0 Å². The monoisotopic (exact) mass is 237 g/mol. The van der Waals surface area contributed by atoms with Crippen molar-refractivity contribution in [2.75, 3.05) is 7.11 Å². The maximum atomic E-state index is 12.4. The van der Waals surface area contributed by atoms with Gasteiger partial charge in [-0.1, -0.05) is 0 Å². The van der Waals surface area contributed by atoms with Crippen LogP contribution in [0.2, 0.25) is 0 Å². The van der Waals surface area contributed by atoms with Crippen molar-refractivity contribution in [3.63, 3.8) is 0 Å². The van der Waals surface area contributed by atoms with Crippen LogP contribution in [-0.4, -0.2) is 29.0 Å². The third kappa shape index (κ3) is 2.32. The smallest absolute Gasteiger partial charge is 0.407 e. The Morgan fingerprint density at radius 1 is 1.62 bits per heavy atom. The fourth-order valence-corrected chi connectivity index (χ4v) is 1.17. The van der Waals surface area contributed by atoms with E-state index in [0.717, 1.165) is 18.0 Å². The van der Waals surface area contributed by atoms with Gasteiger partial charge in [-0.3, -0.25) is 4.68 Å². The number of hydrogen-bond donors (Lipinski definition) is 1. The Labute approximate surface area is 89.0 Å². The molecule has 5 nitrogen and oxygen atoms in total. The summed E-state index contributed by atoms with van der Waals surface area (Å²) < 4.78 is 42.5. The number of aryl methyl sites for hydroxylation is 1. The zero-order chi connectivity index (χ0) is 12.5. The van der Waals surface area contributed by atoms with Crippen LogP contribution in [0, 0.1) is 0 Å². The Morgan fingerprint density at radius 2 is 2.19 bits per heavy atom. The van der Waals surface area contributed by atoms with Gasteiger partial charge >= 0.3 is 12.1 Å². The molecule has 1 rings (SSSR count). The number of esters is 1. The van der Waals surface area contributed by atoms with Crippen LogP contribution < -0.4 is 5.73 Å². The van der Waals surface area contributed by atoms with E-state index in [1.54, 1.807) is 0 Å². The number of aromatic nitrogens is 2. The molecule has 1 aromatic rings. The Bertz CT molecular complexity index is 400. The Hall–Kier alpha value is -1.57. The quantitative estimate of drug-likeness (QED) is 0.771. The highest BCUT2D eigenvalue weighted by Gasteiger charge is 2.41. The molecule has 1 unspecified atom stereocenters. The predicted octanol–water partition coefficient (Wildman–Crippen LogP) is 0.769. The van der Waals surface area contributed by atoms with E-state index in [1.807, 2.05) is 0 Å². The minimum absolute atomic E-state index is 0.401.